The van der Waals surface area contributed by atoms with Crippen molar-refractivity contribution in [3.05, 3.63) is 34.2 Å². The number of hydrogen-bond acceptors (Lipinski definition) is 16. The predicted molar refractivity (Wildman–Crippen MR) is 204 cm³/mol. The Balaban J connectivity index is 2.07. The Hall–Kier alpha value is -4.55. The van der Waals surface area contributed by atoms with Gasteiger partial charge in [-0.3, -0.25) is 53.2 Å². The van der Waals surface area contributed by atoms with Crippen LogP contribution < -0.4 is 11.3 Å². The van der Waals surface area contributed by atoms with E-state index in [2.05, 4.69) is 0 Å². The zero-order chi connectivity index (χ0) is 42.9. The molecule has 1 atom stereocenters. The van der Waals surface area contributed by atoms with Crippen LogP contribution in [0.15, 0.2) is 23.0 Å². The highest BCUT2D eigenvalue weighted by Crippen LogP contribution is 2.13. The van der Waals surface area contributed by atoms with E-state index in [1.165, 1.54) is 17.0 Å². The summed E-state index contributed by atoms with van der Waals surface area (Å²) in [5, 5.41) is 48.8. The highest BCUT2D eigenvalue weighted by atomic mass is 16.5. The third-order valence-corrected chi connectivity index (χ3v) is 9.20. The van der Waals surface area contributed by atoms with Crippen molar-refractivity contribution in [1.82, 2.24) is 29.2 Å². The fourth-order valence-corrected chi connectivity index (χ4v) is 6.18. The highest BCUT2D eigenvalue weighted by Gasteiger charge is 2.29. The molecule has 0 saturated carbocycles. The van der Waals surface area contributed by atoms with E-state index in [1.54, 1.807) is 19.6 Å². The van der Waals surface area contributed by atoms with Gasteiger partial charge in [0.05, 0.1) is 59.3 Å². The average molecular weight is 830 g/mol. The highest BCUT2D eigenvalue weighted by molar-refractivity contribution is 5.92. The molecule has 2 rings (SSSR count). The molecule has 1 aromatic heterocycles. The molecule has 2 heterocycles. The number of hydrogen-bond donors (Lipinski definition) is 6. The number of nitrogens with two attached hydrogens (primary N) is 1. The number of carboxylic acids is 4. The average Bonchev–Trinajstić information content (AvgIpc) is 3.15. The minimum atomic E-state index is -1.22. The van der Waals surface area contributed by atoms with E-state index in [9.17, 15) is 59.2 Å². The number of ketones is 1. The van der Waals surface area contributed by atoms with Crippen molar-refractivity contribution in [1.29, 1.82) is 0 Å². The lowest BCUT2D eigenvalue weighted by Crippen LogP contribution is -2.51. The van der Waals surface area contributed by atoms with Gasteiger partial charge in [0.25, 0.3) is 11.5 Å². The van der Waals surface area contributed by atoms with Crippen molar-refractivity contribution in [2.24, 2.45) is 5.73 Å². The number of carbonyl (C=O) groups excluding carboxylic acids is 2. The molecule has 0 unspecified atom stereocenters. The van der Waals surface area contributed by atoms with Crippen LogP contribution in [-0.2, 0) is 38.2 Å². The Morgan fingerprint density at radius 3 is 1.64 bits per heavy atom. The lowest BCUT2D eigenvalue weighted by atomic mass is 10.0. The van der Waals surface area contributed by atoms with Crippen molar-refractivity contribution < 1.29 is 68.6 Å². The third-order valence-electron chi connectivity index (χ3n) is 9.20. The van der Waals surface area contributed by atoms with E-state index in [4.69, 9.17) is 19.9 Å². The quantitative estimate of drug-likeness (QED) is 0.0398. The molecular weight excluding hydrogens is 770 g/mol. The van der Waals surface area contributed by atoms with Crippen LogP contribution in [0, 0.1) is 0 Å². The molecule has 1 fully saturated rings. The molecule has 0 spiro atoms. The van der Waals surface area contributed by atoms with Gasteiger partial charge in [0.15, 0.2) is 0 Å². The summed E-state index contributed by atoms with van der Waals surface area (Å²) in [7, 11) is 0. The van der Waals surface area contributed by atoms with E-state index in [-0.39, 0.29) is 147 Å². The Morgan fingerprint density at radius 1 is 0.672 bits per heavy atom. The molecule has 1 aromatic rings. The number of aromatic nitrogens is 1. The first-order chi connectivity index (χ1) is 27.7. The molecule has 0 aromatic carbocycles. The fourth-order valence-electron chi connectivity index (χ4n) is 6.18. The summed E-state index contributed by atoms with van der Waals surface area (Å²) < 4.78 is 16.5. The van der Waals surface area contributed by atoms with E-state index in [1.807, 2.05) is 0 Å². The van der Waals surface area contributed by atoms with Gasteiger partial charge in [-0.05, 0) is 18.9 Å². The Labute approximate surface area is 336 Å². The number of pyridine rings is 1. The number of aliphatic carboxylic acids is 4. The van der Waals surface area contributed by atoms with E-state index >= 15 is 0 Å². The van der Waals surface area contributed by atoms with Crippen molar-refractivity contribution in [3.8, 4) is 0 Å². The van der Waals surface area contributed by atoms with Gasteiger partial charge in [-0.2, -0.15) is 0 Å². The standard InChI is InChI=1S/C36H59N7O15/c37-8-19-56-21-23-58-24-22-57-20-18-42(35(52)29-4-1-5-31(45)43(29)55)9-2-3-28(44)6-7-30(36(53)54)41-16-14-39(26-33(48)49)12-10-38(25-32(46)47)11-13-40(15-17-41)27-34(50)51/h1,4-5,30,55H,2-3,6-27,37H2,(H,46,47)(H,48,49)(H,50,51)(H,53,54)/t30-/m1/s1. The molecule has 1 aliphatic rings. The molecule has 58 heavy (non-hydrogen) atoms. The zero-order valence-electron chi connectivity index (χ0n) is 32.9. The normalized spacial score (nSPS) is 15.9. The van der Waals surface area contributed by atoms with Gasteiger partial charge < -0.3 is 50.5 Å². The van der Waals surface area contributed by atoms with Crippen LogP contribution >= 0.6 is 0 Å². The second kappa shape index (κ2) is 28.0. The lowest BCUT2D eigenvalue weighted by Gasteiger charge is -2.35. The van der Waals surface area contributed by atoms with Gasteiger partial charge in [-0.15, -0.1) is 4.73 Å². The smallest absolute Gasteiger partial charge is 0.320 e. The third kappa shape index (κ3) is 20.2. The van der Waals surface area contributed by atoms with E-state index < -0.39 is 41.4 Å². The Kier molecular flexibility index (Phi) is 23.9. The first-order valence-corrected chi connectivity index (χ1v) is 19.2. The first-order valence-electron chi connectivity index (χ1n) is 19.2. The molecule has 22 heteroatoms. The molecule has 328 valence electrons. The zero-order valence-corrected chi connectivity index (χ0v) is 32.9. The minimum absolute atomic E-state index is 0.0244. The van der Waals surface area contributed by atoms with Crippen LogP contribution in [0.25, 0.3) is 0 Å². The Morgan fingerprint density at radius 2 is 1.16 bits per heavy atom. The van der Waals surface area contributed by atoms with Crippen LogP contribution in [0.2, 0.25) is 0 Å². The molecule has 1 aliphatic heterocycles. The summed E-state index contributed by atoms with van der Waals surface area (Å²) in [5.41, 5.74) is 4.28. The molecule has 22 nitrogen and oxygen atoms in total. The molecule has 7 N–H and O–H groups in total. The molecule has 0 radical (unpaired) electrons. The largest absolute Gasteiger partial charge is 0.480 e. The van der Waals surface area contributed by atoms with Crippen LogP contribution in [0.5, 0.6) is 0 Å². The summed E-state index contributed by atoms with van der Waals surface area (Å²) in [6.07, 6.45) is -0.0909. The van der Waals surface area contributed by atoms with Crippen LogP contribution in [0.3, 0.4) is 0 Å². The van der Waals surface area contributed by atoms with Crippen LogP contribution in [0.4, 0.5) is 0 Å². The van der Waals surface area contributed by atoms with E-state index in [0.717, 1.165) is 6.07 Å². The van der Waals surface area contributed by atoms with Gasteiger partial charge in [0.1, 0.15) is 17.5 Å². The fraction of sp³-hybridized carbons (Fsp3) is 0.694. The number of carbonyl (C=O) groups is 6. The summed E-state index contributed by atoms with van der Waals surface area (Å²) in [5.74, 6) is -5.51. The van der Waals surface area contributed by atoms with Gasteiger partial charge in [-0.25, -0.2) is 0 Å². The van der Waals surface area contributed by atoms with Crippen molar-refractivity contribution in [2.45, 2.75) is 31.7 Å². The topological polar surface area (TPSA) is 295 Å². The number of ether oxygens (including phenoxy) is 3. The number of Topliss-reactive ketones (excluding diaryl/α,β-unsaturated/α-hetero) is 1. The van der Waals surface area contributed by atoms with Crippen molar-refractivity contribution in [3.63, 3.8) is 0 Å². The first kappa shape index (κ1) is 49.6. The molecule has 1 saturated heterocycles. The summed E-state index contributed by atoms with van der Waals surface area (Å²) in [6.45, 7) is 2.21. The maximum absolute atomic E-state index is 13.4. The predicted octanol–water partition coefficient (Wildman–Crippen LogP) is -2.41. The van der Waals surface area contributed by atoms with Crippen molar-refractivity contribution >= 4 is 35.6 Å². The molecule has 0 bridgehead atoms. The summed E-state index contributed by atoms with van der Waals surface area (Å²) in [6, 6.07) is 2.52. The number of nitrogens with zero attached hydrogens (tertiary/aromatic N) is 6. The second-order valence-corrected chi connectivity index (χ2v) is 13.6. The molecular formula is C36H59N7O15. The SMILES string of the molecule is NCCOCCOCCOCCN(CCCC(=O)CC[C@H](C(=O)O)N1CCN(CC(=O)O)CCN(CC(=O)O)CCN(CC(=O)O)CC1)C(=O)c1cccc(=O)n1O. The van der Waals surface area contributed by atoms with Gasteiger partial charge in [-0.1, -0.05) is 6.07 Å². The summed E-state index contributed by atoms with van der Waals surface area (Å²) in [4.78, 5) is 93.5. The maximum atomic E-state index is 13.4. The Bertz CT molecular complexity index is 1480. The van der Waals surface area contributed by atoms with E-state index in [0.29, 0.717) is 26.4 Å². The lowest BCUT2D eigenvalue weighted by molar-refractivity contribution is -0.145. The maximum Gasteiger partial charge on any atom is 0.320 e. The molecule has 1 amide bonds. The second-order valence-electron chi connectivity index (χ2n) is 13.6. The summed E-state index contributed by atoms with van der Waals surface area (Å²) >= 11 is 0. The van der Waals surface area contributed by atoms with Crippen molar-refractivity contribution in [2.75, 3.05) is 131 Å². The van der Waals surface area contributed by atoms with Gasteiger partial charge in [0.2, 0.25) is 0 Å². The number of amides is 1. The number of rotatable bonds is 27. The molecule has 0 aliphatic carbocycles. The van der Waals surface area contributed by atoms with Gasteiger partial charge in [0, 0.05) is 90.9 Å². The van der Waals surface area contributed by atoms with Crippen LogP contribution in [0.1, 0.15) is 36.2 Å². The van der Waals surface area contributed by atoms with Crippen LogP contribution in [-0.4, -0.2) is 228 Å². The monoisotopic (exact) mass is 829 g/mol. The number of carboxylic acid groups (broad SMARTS) is 4. The minimum Gasteiger partial charge on any atom is -0.480 e. The van der Waals surface area contributed by atoms with Gasteiger partial charge >= 0.3 is 23.9 Å².